The van der Waals surface area contributed by atoms with Crippen LogP contribution in [0.1, 0.15) is 72.6 Å². The van der Waals surface area contributed by atoms with Crippen molar-refractivity contribution >= 4 is 5.91 Å². The summed E-state index contributed by atoms with van der Waals surface area (Å²) >= 11 is 0. The van der Waals surface area contributed by atoms with E-state index in [4.69, 9.17) is 0 Å². The van der Waals surface area contributed by atoms with Gasteiger partial charge in [0.15, 0.2) is 0 Å². The second kappa shape index (κ2) is 7.88. The molecule has 19 heavy (non-hydrogen) atoms. The van der Waals surface area contributed by atoms with Crippen molar-refractivity contribution in [2.45, 2.75) is 84.2 Å². The molecule has 1 aliphatic carbocycles. The van der Waals surface area contributed by atoms with Gasteiger partial charge in [-0.25, -0.2) is 0 Å². The van der Waals surface area contributed by atoms with Gasteiger partial charge >= 0.3 is 0 Å². The highest BCUT2D eigenvalue weighted by molar-refractivity contribution is 5.78. The molecule has 112 valence electrons. The van der Waals surface area contributed by atoms with Crippen molar-refractivity contribution in [3.63, 3.8) is 0 Å². The molecule has 0 aromatic heterocycles. The number of hydrogen-bond donors (Lipinski definition) is 2. The molecule has 1 saturated carbocycles. The van der Waals surface area contributed by atoms with Crippen molar-refractivity contribution in [1.29, 1.82) is 0 Å². The molecule has 2 atom stereocenters. The van der Waals surface area contributed by atoms with Crippen LogP contribution in [0.2, 0.25) is 0 Å². The summed E-state index contributed by atoms with van der Waals surface area (Å²) in [4.78, 5) is 11.8. The predicted octanol–water partition coefficient (Wildman–Crippen LogP) is 3.24. The van der Waals surface area contributed by atoms with Crippen LogP contribution in [-0.2, 0) is 4.79 Å². The van der Waals surface area contributed by atoms with Gasteiger partial charge in [-0.2, -0.15) is 0 Å². The molecule has 3 nitrogen and oxygen atoms in total. The van der Waals surface area contributed by atoms with Crippen LogP contribution < -0.4 is 10.6 Å². The molecule has 2 unspecified atom stereocenters. The number of amides is 1. The third-order valence-electron chi connectivity index (χ3n) is 3.85. The maximum atomic E-state index is 11.8. The fourth-order valence-corrected chi connectivity index (χ4v) is 2.98. The Hall–Kier alpha value is -0.570. The third kappa shape index (κ3) is 7.56. The largest absolute Gasteiger partial charge is 0.350 e. The Bertz CT molecular complexity index is 270. The van der Waals surface area contributed by atoms with Gasteiger partial charge < -0.3 is 10.6 Å². The fourth-order valence-electron chi connectivity index (χ4n) is 2.98. The maximum Gasteiger partial charge on any atom is 0.234 e. The van der Waals surface area contributed by atoms with Crippen LogP contribution >= 0.6 is 0 Å². The molecule has 1 fully saturated rings. The van der Waals surface area contributed by atoms with Crippen molar-refractivity contribution < 1.29 is 4.79 Å². The van der Waals surface area contributed by atoms with E-state index in [1.807, 2.05) is 20.8 Å². The zero-order chi connectivity index (χ0) is 14.3. The summed E-state index contributed by atoms with van der Waals surface area (Å²) in [6.07, 6.45) is 9.14. The van der Waals surface area contributed by atoms with E-state index >= 15 is 0 Å². The van der Waals surface area contributed by atoms with Crippen LogP contribution in [0.25, 0.3) is 0 Å². The van der Waals surface area contributed by atoms with E-state index in [0.717, 1.165) is 5.92 Å². The highest BCUT2D eigenvalue weighted by Crippen LogP contribution is 2.26. The molecule has 0 saturated heterocycles. The molecule has 1 amide bonds. The van der Waals surface area contributed by atoms with E-state index in [1.54, 1.807) is 0 Å². The van der Waals surface area contributed by atoms with Crippen molar-refractivity contribution in [3.05, 3.63) is 0 Å². The van der Waals surface area contributed by atoms with Crippen LogP contribution in [0.3, 0.4) is 0 Å². The van der Waals surface area contributed by atoms with E-state index in [0.29, 0.717) is 12.6 Å². The van der Waals surface area contributed by atoms with Crippen LogP contribution in [0, 0.1) is 5.92 Å². The van der Waals surface area contributed by atoms with E-state index in [2.05, 4.69) is 17.6 Å². The monoisotopic (exact) mass is 268 g/mol. The average Bonchev–Trinajstić information content (AvgIpc) is 2.50. The molecule has 1 aliphatic rings. The average molecular weight is 268 g/mol. The molecule has 0 heterocycles. The topological polar surface area (TPSA) is 41.1 Å². The fraction of sp³-hybridized carbons (Fsp3) is 0.938. The molecule has 2 N–H and O–H groups in total. The molecule has 0 bridgehead atoms. The molecule has 1 rings (SSSR count). The highest BCUT2D eigenvalue weighted by Gasteiger charge is 2.19. The summed E-state index contributed by atoms with van der Waals surface area (Å²) in [5.41, 5.74) is -0.131. The van der Waals surface area contributed by atoms with Gasteiger partial charge in [0.2, 0.25) is 5.91 Å². The van der Waals surface area contributed by atoms with Gasteiger partial charge in [0.1, 0.15) is 0 Å². The number of hydrogen-bond acceptors (Lipinski definition) is 2. The van der Waals surface area contributed by atoms with Gasteiger partial charge in [-0.05, 0) is 46.0 Å². The quantitative estimate of drug-likeness (QED) is 0.752. The Morgan fingerprint density at radius 1 is 1.16 bits per heavy atom. The maximum absolute atomic E-state index is 11.8. The standard InChI is InChI=1S/C16H32N2O/c1-5-7-13-8-6-9-14(11-10-13)17-12-15(19)18-16(2,3)4/h13-14,17H,5-12H2,1-4H3,(H,18,19). The first-order valence-corrected chi connectivity index (χ1v) is 7.95. The summed E-state index contributed by atoms with van der Waals surface area (Å²) in [5.74, 6) is 1.03. The van der Waals surface area contributed by atoms with Gasteiger partial charge in [-0.15, -0.1) is 0 Å². The first-order valence-electron chi connectivity index (χ1n) is 7.95. The zero-order valence-electron chi connectivity index (χ0n) is 13.2. The number of carbonyl (C=O) groups excluding carboxylic acids is 1. The second-order valence-corrected chi connectivity index (χ2v) is 7.04. The van der Waals surface area contributed by atoms with Crippen molar-refractivity contribution in [2.75, 3.05) is 6.54 Å². The SMILES string of the molecule is CCCC1CCCC(NCC(=O)NC(C)(C)C)CC1. The normalized spacial score (nSPS) is 24.8. The molecular formula is C16H32N2O. The Kier molecular flexibility index (Phi) is 6.84. The molecule has 0 spiro atoms. The first-order chi connectivity index (χ1) is 8.90. The van der Waals surface area contributed by atoms with Gasteiger partial charge in [-0.1, -0.05) is 32.6 Å². The van der Waals surface area contributed by atoms with Crippen molar-refractivity contribution in [2.24, 2.45) is 5.92 Å². The Balaban J connectivity index is 2.24. The van der Waals surface area contributed by atoms with Crippen LogP contribution in [0.15, 0.2) is 0 Å². The van der Waals surface area contributed by atoms with E-state index in [1.165, 1.54) is 44.9 Å². The lowest BCUT2D eigenvalue weighted by Gasteiger charge is -2.22. The summed E-state index contributed by atoms with van der Waals surface area (Å²) in [7, 11) is 0. The minimum Gasteiger partial charge on any atom is -0.350 e. The minimum absolute atomic E-state index is 0.113. The summed E-state index contributed by atoms with van der Waals surface area (Å²) in [6.45, 7) is 8.79. The van der Waals surface area contributed by atoms with E-state index in [9.17, 15) is 4.79 Å². The molecule has 0 aliphatic heterocycles. The molecular weight excluding hydrogens is 236 g/mol. The van der Waals surface area contributed by atoms with Crippen LogP contribution in [-0.4, -0.2) is 24.0 Å². The van der Waals surface area contributed by atoms with E-state index in [-0.39, 0.29) is 11.4 Å². The smallest absolute Gasteiger partial charge is 0.234 e. The third-order valence-corrected chi connectivity index (χ3v) is 3.85. The number of rotatable bonds is 5. The van der Waals surface area contributed by atoms with E-state index < -0.39 is 0 Å². The molecule has 3 heteroatoms. The second-order valence-electron chi connectivity index (χ2n) is 7.04. The summed E-state index contributed by atoms with van der Waals surface area (Å²) in [6, 6.07) is 0.535. The Morgan fingerprint density at radius 2 is 1.89 bits per heavy atom. The van der Waals surface area contributed by atoms with Gasteiger partial charge in [0.05, 0.1) is 6.54 Å². The lowest BCUT2D eigenvalue weighted by molar-refractivity contribution is -0.121. The summed E-state index contributed by atoms with van der Waals surface area (Å²) in [5, 5.41) is 6.44. The molecule has 0 aromatic carbocycles. The Labute approximate surface area is 118 Å². The number of carbonyl (C=O) groups is 1. The summed E-state index contributed by atoms with van der Waals surface area (Å²) < 4.78 is 0. The molecule has 0 aromatic rings. The zero-order valence-corrected chi connectivity index (χ0v) is 13.2. The first kappa shape index (κ1) is 16.5. The van der Waals surface area contributed by atoms with Crippen molar-refractivity contribution in [3.8, 4) is 0 Å². The highest BCUT2D eigenvalue weighted by atomic mass is 16.2. The van der Waals surface area contributed by atoms with Gasteiger partial charge in [0, 0.05) is 11.6 Å². The molecule has 0 radical (unpaired) electrons. The van der Waals surface area contributed by atoms with Crippen LogP contribution in [0.4, 0.5) is 0 Å². The number of nitrogens with one attached hydrogen (secondary N) is 2. The van der Waals surface area contributed by atoms with Gasteiger partial charge in [-0.3, -0.25) is 4.79 Å². The lowest BCUT2D eigenvalue weighted by Crippen LogP contribution is -2.46. The Morgan fingerprint density at radius 3 is 2.53 bits per heavy atom. The van der Waals surface area contributed by atoms with Gasteiger partial charge in [0.25, 0.3) is 0 Å². The van der Waals surface area contributed by atoms with Crippen LogP contribution in [0.5, 0.6) is 0 Å². The minimum atomic E-state index is -0.131. The van der Waals surface area contributed by atoms with Crippen molar-refractivity contribution in [1.82, 2.24) is 10.6 Å². The lowest BCUT2D eigenvalue weighted by atomic mass is 9.95. The predicted molar refractivity (Wildman–Crippen MR) is 81.2 cm³/mol.